The summed E-state index contributed by atoms with van der Waals surface area (Å²) in [6.07, 6.45) is 3.20. The second-order valence-electron chi connectivity index (χ2n) is 2.18. The fraction of sp³-hybridized carbons (Fsp3) is 0.286. The fourth-order valence-electron chi connectivity index (χ4n) is 0.692. The molecule has 0 spiro atoms. The molecule has 0 aromatic rings. The molecule has 0 unspecified atom stereocenters. The van der Waals surface area contributed by atoms with Crippen molar-refractivity contribution in [1.82, 2.24) is 5.32 Å². The molecule has 1 radical (unpaired) electrons. The maximum atomic E-state index is 9.09. The van der Waals surface area contributed by atoms with Gasteiger partial charge in [-0.15, -0.1) is 0 Å². The third-order valence-corrected chi connectivity index (χ3v) is 1.36. The van der Waals surface area contributed by atoms with Crippen LogP contribution >= 0.6 is 0 Å². The zero-order valence-electron chi connectivity index (χ0n) is 5.76. The van der Waals surface area contributed by atoms with Gasteiger partial charge in [-0.3, -0.25) is 0 Å². The molecule has 3 nitrogen and oxygen atoms in total. The fourth-order valence-corrected chi connectivity index (χ4v) is 0.692. The molecule has 0 aliphatic carbocycles. The Balaban J connectivity index is 2.69. The van der Waals surface area contributed by atoms with Crippen molar-refractivity contribution in [1.29, 1.82) is 0 Å². The van der Waals surface area contributed by atoms with Gasteiger partial charge in [-0.2, -0.15) is 0 Å². The molecular formula is C7H10NO2. The number of rotatable bonds is 1. The van der Waals surface area contributed by atoms with Gasteiger partial charge in [0.15, 0.2) is 0 Å². The first kappa shape index (κ1) is 7.15. The molecule has 1 aliphatic rings. The highest BCUT2D eigenvalue weighted by Crippen LogP contribution is 2.13. The molecule has 3 heteroatoms. The molecule has 0 aromatic heterocycles. The summed E-state index contributed by atoms with van der Waals surface area (Å²) >= 11 is 0. The predicted molar refractivity (Wildman–Crippen MR) is 37.9 cm³/mol. The largest absolute Gasteiger partial charge is 0.510 e. The Labute approximate surface area is 59.7 Å². The smallest absolute Gasteiger partial charge is 0.122 e. The number of aliphatic hydroxyl groups excluding tert-OH is 2. The molecular weight excluding hydrogens is 130 g/mol. The lowest BCUT2D eigenvalue weighted by Crippen LogP contribution is -2.19. The van der Waals surface area contributed by atoms with E-state index < -0.39 is 0 Å². The molecule has 0 amide bonds. The normalized spacial score (nSPS) is 19.4. The van der Waals surface area contributed by atoms with E-state index in [1.165, 1.54) is 6.08 Å². The van der Waals surface area contributed by atoms with Gasteiger partial charge in [-0.25, -0.2) is 0 Å². The van der Waals surface area contributed by atoms with E-state index in [1.54, 1.807) is 13.1 Å². The average Bonchev–Trinajstić information content (AvgIpc) is 1.95. The lowest BCUT2D eigenvalue weighted by Gasteiger charge is -2.15. The zero-order chi connectivity index (χ0) is 7.56. The van der Waals surface area contributed by atoms with Gasteiger partial charge in [0.2, 0.25) is 0 Å². The molecule has 10 heavy (non-hydrogen) atoms. The Morgan fingerprint density at radius 1 is 1.60 bits per heavy atom. The van der Waals surface area contributed by atoms with E-state index in [1.807, 2.05) is 0 Å². The van der Waals surface area contributed by atoms with Crippen LogP contribution in [0.4, 0.5) is 0 Å². The Morgan fingerprint density at radius 2 is 2.30 bits per heavy atom. The molecule has 1 rings (SSSR count). The van der Waals surface area contributed by atoms with E-state index >= 15 is 0 Å². The Bertz CT molecular complexity index is 184. The topological polar surface area (TPSA) is 52.5 Å². The van der Waals surface area contributed by atoms with Crippen LogP contribution in [0.3, 0.4) is 0 Å². The van der Waals surface area contributed by atoms with Gasteiger partial charge in [0.1, 0.15) is 11.8 Å². The van der Waals surface area contributed by atoms with Gasteiger partial charge in [0, 0.05) is 6.20 Å². The summed E-state index contributed by atoms with van der Waals surface area (Å²) in [5.41, 5.74) is 0.683. The number of aliphatic hydroxyl groups is 2. The highest BCUT2D eigenvalue weighted by molar-refractivity contribution is 5.32. The summed E-state index contributed by atoms with van der Waals surface area (Å²) in [6.45, 7) is 1.71. The molecule has 55 valence electrons. The minimum absolute atomic E-state index is 0.0513. The summed E-state index contributed by atoms with van der Waals surface area (Å²) in [7, 11) is 0. The summed E-state index contributed by atoms with van der Waals surface area (Å²) < 4.78 is 0. The number of dihydropyridines is 1. The molecule has 0 saturated heterocycles. The second kappa shape index (κ2) is 2.75. The van der Waals surface area contributed by atoms with E-state index in [9.17, 15) is 0 Å². The van der Waals surface area contributed by atoms with E-state index in [4.69, 9.17) is 10.2 Å². The maximum absolute atomic E-state index is 9.09. The van der Waals surface area contributed by atoms with Gasteiger partial charge in [-0.05, 0) is 18.6 Å². The monoisotopic (exact) mass is 140 g/mol. The predicted octanol–water partition coefficient (Wildman–Crippen LogP) is 0.460. The van der Waals surface area contributed by atoms with E-state index in [2.05, 4.69) is 5.32 Å². The quantitative estimate of drug-likeness (QED) is 0.496. The van der Waals surface area contributed by atoms with Crippen LogP contribution in [0.2, 0.25) is 0 Å². The first-order valence-corrected chi connectivity index (χ1v) is 3.05. The molecule has 0 saturated carbocycles. The maximum Gasteiger partial charge on any atom is 0.122 e. The lowest BCUT2D eigenvalue weighted by atomic mass is 10.1. The molecule has 0 aromatic carbocycles. The van der Waals surface area contributed by atoms with Crippen LogP contribution < -0.4 is 5.32 Å². The molecule has 1 aliphatic heterocycles. The minimum Gasteiger partial charge on any atom is -0.510 e. The highest BCUT2D eigenvalue weighted by atomic mass is 16.3. The number of hydrogen-bond donors (Lipinski definition) is 3. The number of nitrogens with one attached hydrogen (secondary N) is 1. The van der Waals surface area contributed by atoms with Crippen LogP contribution in [0, 0.1) is 6.04 Å². The van der Waals surface area contributed by atoms with Crippen molar-refractivity contribution >= 4 is 0 Å². The third kappa shape index (κ3) is 1.30. The summed E-state index contributed by atoms with van der Waals surface area (Å²) in [5, 5.41) is 20.5. The van der Waals surface area contributed by atoms with Crippen molar-refractivity contribution < 1.29 is 10.2 Å². The summed E-state index contributed by atoms with van der Waals surface area (Å²) in [4.78, 5) is 0. The van der Waals surface area contributed by atoms with Crippen LogP contribution in [0.15, 0.2) is 23.6 Å². The van der Waals surface area contributed by atoms with Gasteiger partial charge >= 0.3 is 0 Å². The van der Waals surface area contributed by atoms with Crippen molar-refractivity contribution in [2.45, 2.75) is 6.92 Å². The minimum atomic E-state index is -0.0513. The van der Waals surface area contributed by atoms with E-state index in [-0.39, 0.29) is 12.4 Å². The molecule has 0 fully saturated rings. The van der Waals surface area contributed by atoms with Crippen LogP contribution in [0.5, 0.6) is 0 Å². The van der Waals surface area contributed by atoms with Gasteiger partial charge < -0.3 is 15.5 Å². The van der Waals surface area contributed by atoms with Crippen LogP contribution in [-0.4, -0.2) is 16.8 Å². The molecule has 0 bridgehead atoms. The van der Waals surface area contributed by atoms with Gasteiger partial charge in [-0.1, -0.05) is 0 Å². The highest BCUT2D eigenvalue weighted by Gasteiger charge is 2.10. The van der Waals surface area contributed by atoms with Gasteiger partial charge in [0.05, 0.1) is 6.61 Å². The Morgan fingerprint density at radius 3 is 2.80 bits per heavy atom. The van der Waals surface area contributed by atoms with Crippen molar-refractivity contribution in [2.75, 3.05) is 6.61 Å². The Hall–Kier alpha value is -0.960. The molecule has 0 atom stereocenters. The summed E-state index contributed by atoms with van der Waals surface area (Å²) in [5.74, 6) is 0.187. The van der Waals surface area contributed by atoms with Crippen molar-refractivity contribution in [3.63, 3.8) is 0 Å². The van der Waals surface area contributed by atoms with Crippen molar-refractivity contribution in [3.8, 4) is 0 Å². The van der Waals surface area contributed by atoms with Crippen LogP contribution in [-0.2, 0) is 0 Å². The van der Waals surface area contributed by atoms with E-state index in [0.717, 1.165) is 0 Å². The third-order valence-electron chi connectivity index (χ3n) is 1.36. The molecule has 1 heterocycles. The molecule has 3 N–H and O–H groups in total. The second-order valence-corrected chi connectivity index (χ2v) is 2.18. The van der Waals surface area contributed by atoms with Gasteiger partial charge in [0.25, 0.3) is 0 Å². The van der Waals surface area contributed by atoms with Crippen LogP contribution in [0.25, 0.3) is 0 Å². The Kier molecular flexibility index (Phi) is 1.97. The van der Waals surface area contributed by atoms with Crippen molar-refractivity contribution in [2.24, 2.45) is 0 Å². The van der Waals surface area contributed by atoms with Crippen LogP contribution in [0.1, 0.15) is 6.92 Å². The zero-order valence-corrected chi connectivity index (χ0v) is 5.76. The average molecular weight is 140 g/mol. The first-order chi connectivity index (χ1) is 4.74. The number of hydrogen-bond acceptors (Lipinski definition) is 3. The summed E-state index contributed by atoms with van der Waals surface area (Å²) in [6, 6.07) is 0.706. The first-order valence-electron chi connectivity index (χ1n) is 3.05. The van der Waals surface area contributed by atoms with E-state index in [0.29, 0.717) is 11.6 Å². The standard InChI is InChI=1S/C7H10NO2/c1-5-7(10)2-6(4-9)3-8-5/h2-3,8-10H,4H2,1H3. The SMILES string of the molecule is C[C]1NC=C(CO)C=C1O. The van der Waals surface area contributed by atoms with Crippen molar-refractivity contribution in [3.05, 3.63) is 29.7 Å². The lowest BCUT2D eigenvalue weighted by molar-refractivity contribution is 0.329.